The van der Waals surface area contributed by atoms with Crippen molar-refractivity contribution in [3.05, 3.63) is 35.5 Å². The number of rotatable bonds is 1. The molecule has 0 aromatic carbocycles. The minimum absolute atomic E-state index is 0.0909. The van der Waals surface area contributed by atoms with Crippen LogP contribution in [0.3, 0.4) is 0 Å². The van der Waals surface area contributed by atoms with Gasteiger partial charge in [-0.25, -0.2) is 0 Å². The highest BCUT2D eigenvalue weighted by Crippen LogP contribution is 2.32. The van der Waals surface area contributed by atoms with E-state index in [9.17, 15) is 0 Å². The first kappa shape index (κ1) is 12.3. The standard InChI is InChI=1S/C12H18N2S/c1-5-9-7-6-8-10(12(2,3)4)11(9)14-15-13/h5-8H,13H2,1-4H3/b9-5-,14-11+. The molecule has 0 radical (unpaired) electrons. The molecular formula is C12H18N2S. The van der Waals surface area contributed by atoms with Crippen LogP contribution in [0.1, 0.15) is 27.7 Å². The van der Waals surface area contributed by atoms with E-state index in [1.807, 2.05) is 6.92 Å². The summed E-state index contributed by atoms with van der Waals surface area (Å²) < 4.78 is 4.31. The molecule has 82 valence electrons. The van der Waals surface area contributed by atoms with E-state index in [1.54, 1.807) is 0 Å². The minimum atomic E-state index is 0.0909. The van der Waals surface area contributed by atoms with E-state index < -0.39 is 0 Å². The highest BCUT2D eigenvalue weighted by molar-refractivity contribution is 7.95. The molecule has 0 bridgehead atoms. The normalized spacial score (nSPS) is 22.3. The van der Waals surface area contributed by atoms with Gasteiger partial charge in [0.25, 0.3) is 0 Å². The molecule has 2 N–H and O–H groups in total. The number of allylic oxidation sites excluding steroid dienone is 6. The van der Waals surface area contributed by atoms with Crippen molar-refractivity contribution in [3.8, 4) is 0 Å². The molecular weight excluding hydrogens is 204 g/mol. The highest BCUT2D eigenvalue weighted by atomic mass is 32.2. The first-order chi connectivity index (χ1) is 7.00. The first-order valence-electron chi connectivity index (χ1n) is 5.00. The van der Waals surface area contributed by atoms with Crippen LogP contribution < -0.4 is 5.14 Å². The van der Waals surface area contributed by atoms with Gasteiger partial charge in [0.15, 0.2) is 0 Å². The van der Waals surface area contributed by atoms with E-state index in [0.29, 0.717) is 0 Å². The van der Waals surface area contributed by atoms with Crippen molar-refractivity contribution in [1.82, 2.24) is 0 Å². The van der Waals surface area contributed by atoms with Gasteiger partial charge in [-0.15, -0.1) is 0 Å². The van der Waals surface area contributed by atoms with Crippen LogP contribution in [0, 0.1) is 5.41 Å². The number of hydrogen-bond donors (Lipinski definition) is 1. The molecule has 2 nitrogen and oxygen atoms in total. The van der Waals surface area contributed by atoms with Gasteiger partial charge in [-0.05, 0) is 23.5 Å². The topological polar surface area (TPSA) is 38.4 Å². The fraction of sp³-hybridized carbons (Fsp3) is 0.417. The quantitative estimate of drug-likeness (QED) is 0.690. The van der Waals surface area contributed by atoms with Crippen LogP contribution in [0.15, 0.2) is 39.8 Å². The van der Waals surface area contributed by atoms with E-state index in [-0.39, 0.29) is 5.41 Å². The lowest BCUT2D eigenvalue weighted by Crippen LogP contribution is -2.20. The minimum Gasteiger partial charge on any atom is -0.258 e. The zero-order valence-electron chi connectivity index (χ0n) is 9.74. The molecule has 0 saturated heterocycles. The lowest BCUT2D eigenvalue weighted by Gasteiger charge is -2.26. The van der Waals surface area contributed by atoms with E-state index >= 15 is 0 Å². The Hall–Kier alpha value is -0.800. The molecule has 0 unspecified atom stereocenters. The molecule has 1 aliphatic rings. The number of nitrogens with zero attached hydrogens (tertiary/aromatic N) is 1. The van der Waals surface area contributed by atoms with Gasteiger partial charge >= 0.3 is 0 Å². The lowest BCUT2D eigenvalue weighted by atomic mass is 9.79. The highest BCUT2D eigenvalue weighted by Gasteiger charge is 2.24. The summed E-state index contributed by atoms with van der Waals surface area (Å²) in [5, 5.41) is 5.43. The first-order valence-corrected chi connectivity index (χ1v) is 5.84. The summed E-state index contributed by atoms with van der Waals surface area (Å²) in [6.07, 6.45) is 8.30. The Kier molecular flexibility index (Phi) is 3.94. The van der Waals surface area contributed by atoms with Crippen molar-refractivity contribution in [3.63, 3.8) is 0 Å². The van der Waals surface area contributed by atoms with E-state index in [4.69, 9.17) is 5.14 Å². The van der Waals surface area contributed by atoms with Gasteiger partial charge < -0.3 is 0 Å². The molecule has 0 aromatic rings. The molecule has 0 spiro atoms. The summed E-state index contributed by atoms with van der Waals surface area (Å²) in [5.74, 6) is 0. The molecule has 0 aliphatic heterocycles. The van der Waals surface area contributed by atoms with Crippen molar-refractivity contribution < 1.29 is 0 Å². The summed E-state index contributed by atoms with van der Waals surface area (Å²) in [4.78, 5) is 0. The molecule has 0 aromatic heterocycles. The van der Waals surface area contributed by atoms with Crippen LogP contribution in [0.4, 0.5) is 0 Å². The Bertz CT molecular complexity index is 354. The van der Waals surface area contributed by atoms with E-state index in [0.717, 1.165) is 23.4 Å². The Balaban J connectivity index is 3.21. The lowest BCUT2D eigenvalue weighted by molar-refractivity contribution is 0.524. The van der Waals surface area contributed by atoms with Crippen LogP contribution in [0.25, 0.3) is 0 Å². The molecule has 0 heterocycles. The SMILES string of the molecule is C/C=C1/C=CC=C(C(C)(C)C)/C1=N/SN. The molecule has 0 atom stereocenters. The fourth-order valence-electron chi connectivity index (χ4n) is 1.55. The zero-order valence-corrected chi connectivity index (χ0v) is 10.6. The predicted molar refractivity (Wildman–Crippen MR) is 69.6 cm³/mol. The van der Waals surface area contributed by atoms with Crippen LogP contribution in [0.5, 0.6) is 0 Å². The smallest absolute Gasteiger partial charge is 0.0834 e. The molecule has 0 saturated carbocycles. The van der Waals surface area contributed by atoms with Gasteiger partial charge in [-0.2, -0.15) is 4.40 Å². The van der Waals surface area contributed by atoms with Crippen molar-refractivity contribution >= 4 is 17.8 Å². The van der Waals surface area contributed by atoms with Gasteiger partial charge in [0, 0.05) is 0 Å². The van der Waals surface area contributed by atoms with Crippen molar-refractivity contribution in [2.75, 3.05) is 0 Å². The van der Waals surface area contributed by atoms with Crippen molar-refractivity contribution in [1.29, 1.82) is 0 Å². The van der Waals surface area contributed by atoms with Crippen LogP contribution in [-0.2, 0) is 0 Å². The number of hydrogen-bond acceptors (Lipinski definition) is 3. The van der Waals surface area contributed by atoms with E-state index in [1.165, 1.54) is 5.57 Å². The second kappa shape index (κ2) is 4.81. The van der Waals surface area contributed by atoms with Crippen LogP contribution >= 0.6 is 12.1 Å². The monoisotopic (exact) mass is 222 g/mol. The average Bonchev–Trinajstić information content (AvgIpc) is 2.17. The summed E-state index contributed by atoms with van der Waals surface area (Å²) in [6, 6.07) is 0. The van der Waals surface area contributed by atoms with Crippen molar-refractivity contribution in [2.45, 2.75) is 27.7 Å². The Morgan fingerprint density at radius 1 is 1.40 bits per heavy atom. The van der Waals surface area contributed by atoms with Gasteiger partial charge in [0.1, 0.15) is 0 Å². The molecule has 0 fully saturated rings. The third kappa shape index (κ3) is 2.83. The van der Waals surface area contributed by atoms with Crippen molar-refractivity contribution in [2.24, 2.45) is 15.0 Å². The van der Waals surface area contributed by atoms with Gasteiger partial charge in [-0.3, -0.25) is 5.14 Å². The summed E-state index contributed by atoms with van der Waals surface area (Å²) in [7, 11) is 0. The predicted octanol–water partition coefficient (Wildman–Crippen LogP) is 3.44. The molecule has 1 rings (SSSR count). The maximum absolute atomic E-state index is 5.43. The summed E-state index contributed by atoms with van der Waals surface area (Å²) in [6.45, 7) is 8.56. The molecule has 15 heavy (non-hydrogen) atoms. The second-order valence-electron chi connectivity index (χ2n) is 4.48. The van der Waals surface area contributed by atoms with Crippen LogP contribution in [0.2, 0.25) is 0 Å². The maximum atomic E-state index is 5.43. The largest absolute Gasteiger partial charge is 0.258 e. The average molecular weight is 222 g/mol. The van der Waals surface area contributed by atoms with E-state index in [2.05, 4.69) is 49.5 Å². The Labute approximate surface area is 96.3 Å². The third-order valence-corrected chi connectivity index (χ3v) is 2.62. The van der Waals surface area contributed by atoms with Crippen LogP contribution in [-0.4, -0.2) is 5.71 Å². The maximum Gasteiger partial charge on any atom is 0.0834 e. The van der Waals surface area contributed by atoms with Gasteiger partial charge in [0.05, 0.1) is 17.8 Å². The Morgan fingerprint density at radius 3 is 2.53 bits per heavy atom. The zero-order chi connectivity index (χ0) is 11.5. The molecule has 1 aliphatic carbocycles. The van der Waals surface area contributed by atoms with Gasteiger partial charge in [0.2, 0.25) is 0 Å². The molecule has 0 amide bonds. The summed E-state index contributed by atoms with van der Waals surface area (Å²) in [5.41, 5.74) is 3.46. The van der Waals surface area contributed by atoms with Gasteiger partial charge in [-0.1, -0.05) is 45.1 Å². The fourth-order valence-corrected chi connectivity index (χ4v) is 1.86. The second-order valence-corrected chi connectivity index (χ2v) is 4.87. The number of nitrogens with two attached hydrogens (primary N) is 1. The summed E-state index contributed by atoms with van der Waals surface area (Å²) >= 11 is 1.02. The molecule has 3 heteroatoms. The Morgan fingerprint density at radius 2 is 2.07 bits per heavy atom. The third-order valence-electron chi connectivity index (χ3n) is 2.33.